The standard InChI is InChI=1S/C15H18N2O2/c1-11-7-8-16-13(9-11)14(18)17(15(16)19)10-12-5-3-2-4-6-12/h2-6,11,13H,7-10H2,1H3. The molecule has 1 aromatic carbocycles. The molecule has 19 heavy (non-hydrogen) atoms. The van der Waals surface area contributed by atoms with Crippen molar-refractivity contribution in [1.82, 2.24) is 9.80 Å². The molecule has 4 heteroatoms. The predicted octanol–water partition coefficient (Wildman–Crippen LogP) is 2.25. The summed E-state index contributed by atoms with van der Waals surface area (Å²) in [4.78, 5) is 27.8. The van der Waals surface area contributed by atoms with Gasteiger partial charge in [0.15, 0.2) is 0 Å². The smallest absolute Gasteiger partial charge is 0.312 e. The first kappa shape index (κ1) is 12.2. The van der Waals surface area contributed by atoms with Gasteiger partial charge in [-0.1, -0.05) is 37.3 Å². The Balaban J connectivity index is 1.80. The van der Waals surface area contributed by atoms with Gasteiger partial charge in [-0.3, -0.25) is 9.69 Å². The molecule has 100 valence electrons. The van der Waals surface area contributed by atoms with Crippen LogP contribution in [0, 0.1) is 5.92 Å². The van der Waals surface area contributed by atoms with Gasteiger partial charge in [0.2, 0.25) is 0 Å². The highest BCUT2D eigenvalue weighted by molar-refractivity contribution is 6.04. The van der Waals surface area contributed by atoms with Crippen LogP contribution in [0.1, 0.15) is 25.3 Å². The fourth-order valence-corrected chi connectivity index (χ4v) is 2.95. The van der Waals surface area contributed by atoms with Gasteiger partial charge in [0.25, 0.3) is 5.91 Å². The molecule has 2 fully saturated rings. The Morgan fingerprint density at radius 2 is 1.95 bits per heavy atom. The number of amides is 3. The number of fused-ring (bicyclic) bond motifs is 1. The van der Waals surface area contributed by atoms with Crippen LogP contribution < -0.4 is 0 Å². The highest BCUT2D eigenvalue weighted by atomic mass is 16.2. The number of imide groups is 1. The van der Waals surface area contributed by atoms with Crippen molar-refractivity contribution in [2.75, 3.05) is 6.54 Å². The molecule has 0 N–H and O–H groups in total. The molecule has 0 aromatic heterocycles. The minimum atomic E-state index is -0.222. The normalized spacial score (nSPS) is 26.8. The quantitative estimate of drug-likeness (QED) is 0.763. The van der Waals surface area contributed by atoms with Crippen LogP contribution in [-0.2, 0) is 11.3 Å². The van der Waals surface area contributed by atoms with E-state index in [1.807, 2.05) is 30.3 Å². The Morgan fingerprint density at radius 3 is 2.68 bits per heavy atom. The molecule has 0 saturated carbocycles. The van der Waals surface area contributed by atoms with Gasteiger partial charge in [-0.15, -0.1) is 0 Å². The van der Waals surface area contributed by atoms with E-state index in [2.05, 4.69) is 6.92 Å². The van der Waals surface area contributed by atoms with Gasteiger partial charge in [-0.25, -0.2) is 4.79 Å². The monoisotopic (exact) mass is 258 g/mol. The number of nitrogens with zero attached hydrogens (tertiary/aromatic N) is 2. The number of urea groups is 1. The van der Waals surface area contributed by atoms with Crippen molar-refractivity contribution >= 4 is 11.9 Å². The van der Waals surface area contributed by atoms with Crippen LogP contribution in [0.2, 0.25) is 0 Å². The summed E-state index contributed by atoms with van der Waals surface area (Å²) in [5, 5.41) is 0. The lowest BCUT2D eigenvalue weighted by Gasteiger charge is -2.30. The van der Waals surface area contributed by atoms with Crippen LogP contribution in [0.4, 0.5) is 4.79 Å². The molecule has 2 aliphatic heterocycles. The van der Waals surface area contributed by atoms with E-state index >= 15 is 0 Å². The molecule has 1 aromatic rings. The first-order chi connectivity index (χ1) is 9.16. The zero-order valence-electron chi connectivity index (χ0n) is 11.1. The summed E-state index contributed by atoms with van der Waals surface area (Å²) in [7, 11) is 0. The molecule has 0 spiro atoms. The highest BCUT2D eigenvalue weighted by Crippen LogP contribution is 2.30. The number of hydrogen-bond donors (Lipinski definition) is 0. The molecule has 2 aliphatic rings. The number of rotatable bonds is 2. The van der Waals surface area contributed by atoms with Crippen molar-refractivity contribution in [2.45, 2.75) is 32.4 Å². The van der Waals surface area contributed by atoms with Crippen LogP contribution in [0.15, 0.2) is 30.3 Å². The highest BCUT2D eigenvalue weighted by Gasteiger charge is 2.46. The Bertz CT molecular complexity index is 500. The van der Waals surface area contributed by atoms with Crippen LogP contribution in [0.5, 0.6) is 0 Å². The lowest BCUT2D eigenvalue weighted by atomic mass is 9.93. The lowest BCUT2D eigenvalue weighted by molar-refractivity contribution is -0.129. The van der Waals surface area contributed by atoms with Crippen molar-refractivity contribution in [2.24, 2.45) is 5.92 Å². The molecule has 2 atom stereocenters. The maximum Gasteiger partial charge on any atom is 0.327 e. The van der Waals surface area contributed by atoms with E-state index in [1.54, 1.807) is 4.90 Å². The zero-order valence-corrected chi connectivity index (χ0v) is 11.1. The number of carbonyl (C=O) groups is 2. The van der Waals surface area contributed by atoms with Crippen LogP contribution in [0.3, 0.4) is 0 Å². The Hall–Kier alpha value is -1.84. The van der Waals surface area contributed by atoms with Gasteiger partial charge in [0.05, 0.1) is 6.54 Å². The summed E-state index contributed by atoms with van der Waals surface area (Å²) < 4.78 is 0. The Morgan fingerprint density at radius 1 is 1.21 bits per heavy atom. The van der Waals surface area contributed by atoms with E-state index in [9.17, 15) is 9.59 Å². The molecule has 0 bridgehead atoms. The summed E-state index contributed by atoms with van der Waals surface area (Å²) in [5.74, 6) is 0.495. The van der Waals surface area contributed by atoms with Crippen molar-refractivity contribution in [3.8, 4) is 0 Å². The van der Waals surface area contributed by atoms with Gasteiger partial charge >= 0.3 is 6.03 Å². The van der Waals surface area contributed by atoms with E-state index in [-0.39, 0.29) is 18.0 Å². The van der Waals surface area contributed by atoms with Gasteiger partial charge in [-0.2, -0.15) is 0 Å². The van der Waals surface area contributed by atoms with E-state index < -0.39 is 0 Å². The molecule has 3 rings (SSSR count). The number of carbonyl (C=O) groups excluding carboxylic acids is 2. The van der Waals surface area contributed by atoms with E-state index in [1.165, 1.54) is 4.90 Å². The first-order valence-electron chi connectivity index (χ1n) is 6.82. The van der Waals surface area contributed by atoms with Gasteiger partial charge < -0.3 is 4.90 Å². The fraction of sp³-hybridized carbons (Fsp3) is 0.467. The van der Waals surface area contributed by atoms with E-state index in [0.29, 0.717) is 19.0 Å². The lowest BCUT2D eigenvalue weighted by Crippen LogP contribution is -2.41. The fourth-order valence-electron chi connectivity index (χ4n) is 2.95. The molecular formula is C15H18N2O2. The van der Waals surface area contributed by atoms with Gasteiger partial charge in [0.1, 0.15) is 6.04 Å². The Kier molecular flexibility index (Phi) is 3.01. The minimum absolute atomic E-state index is 0.0274. The second-order valence-electron chi connectivity index (χ2n) is 5.53. The molecule has 0 aliphatic carbocycles. The van der Waals surface area contributed by atoms with Gasteiger partial charge in [-0.05, 0) is 24.3 Å². The molecule has 0 radical (unpaired) electrons. The SMILES string of the molecule is CC1CCN2C(=O)N(Cc3ccccc3)C(=O)C2C1. The van der Waals surface area contributed by atoms with Crippen LogP contribution >= 0.6 is 0 Å². The van der Waals surface area contributed by atoms with Crippen molar-refractivity contribution < 1.29 is 9.59 Å². The molecule has 3 amide bonds. The second-order valence-corrected chi connectivity index (χ2v) is 5.53. The maximum atomic E-state index is 12.4. The third-order valence-electron chi connectivity index (χ3n) is 4.08. The topological polar surface area (TPSA) is 40.6 Å². The molecular weight excluding hydrogens is 240 g/mol. The van der Waals surface area contributed by atoms with Crippen LogP contribution in [0.25, 0.3) is 0 Å². The summed E-state index contributed by atoms with van der Waals surface area (Å²) in [6.45, 7) is 3.25. The van der Waals surface area contributed by atoms with Gasteiger partial charge in [0, 0.05) is 6.54 Å². The summed E-state index contributed by atoms with van der Waals surface area (Å²) in [6, 6.07) is 9.33. The Labute approximate surface area is 113 Å². The maximum absolute atomic E-state index is 12.4. The summed E-state index contributed by atoms with van der Waals surface area (Å²) in [6.07, 6.45) is 1.80. The summed E-state index contributed by atoms with van der Waals surface area (Å²) >= 11 is 0. The average Bonchev–Trinajstić information content (AvgIpc) is 2.65. The van der Waals surface area contributed by atoms with Crippen molar-refractivity contribution in [1.29, 1.82) is 0 Å². The molecule has 2 unspecified atom stereocenters. The predicted molar refractivity (Wildman–Crippen MR) is 71.3 cm³/mol. The third-order valence-corrected chi connectivity index (χ3v) is 4.08. The van der Waals surface area contributed by atoms with Crippen molar-refractivity contribution in [3.05, 3.63) is 35.9 Å². The van der Waals surface area contributed by atoms with Crippen molar-refractivity contribution in [3.63, 3.8) is 0 Å². The number of piperidine rings is 1. The largest absolute Gasteiger partial charge is 0.327 e. The van der Waals surface area contributed by atoms with E-state index in [0.717, 1.165) is 18.4 Å². The van der Waals surface area contributed by atoms with E-state index in [4.69, 9.17) is 0 Å². The molecule has 2 saturated heterocycles. The minimum Gasteiger partial charge on any atom is -0.312 e. The zero-order chi connectivity index (χ0) is 13.4. The molecule has 2 heterocycles. The third kappa shape index (κ3) is 2.11. The summed E-state index contributed by atoms with van der Waals surface area (Å²) in [5.41, 5.74) is 0.997. The average molecular weight is 258 g/mol. The number of hydrogen-bond acceptors (Lipinski definition) is 2. The molecule has 4 nitrogen and oxygen atoms in total. The van der Waals surface area contributed by atoms with Crippen LogP contribution in [-0.4, -0.2) is 34.3 Å². The first-order valence-corrected chi connectivity index (χ1v) is 6.82. The number of benzene rings is 1. The second kappa shape index (κ2) is 4.68.